The summed E-state index contributed by atoms with van der Waals surface area (Å²) in [6.45, 7) is 0.780. The van der Waals surface area contributed by atoms with Crippen molar-refractivity contribution in [1.29, 1.82) is 0 Å². The normalized spacial score (nSPS) is 27.3. The Morgan fingerprint density at radius 3 is 2.87 bits per heavy atom. The smallest absolute Gasteiger partial charge is 0.249 e. The van der Waals surface area contributed by atoms with E-state index >= 15 is 0 Å². The number of ether oxygens (including phenoxy) is 1. The van der Waals surface area contributed by atoms with E-state index in [0.29, 0.717) is 6.42 Å². The highest BCUT2D eigenvalue weighted by Crippen LogP contribution is 2.06. The van der Waals surface area contributed by atoms with Crippen LogP contribution in [0.3, 0.4) is 0 Å². The standard InChI is InChI=1S/C12H21NO2/c1-15-11-9-7-5-3-2-4-6-8-10-13-12(11)14/h5,7,11H,2-4,6,8-10H2,1H3,(H,13,14)/b7-5+. The lowest BCUT2D eigenvalue weighted by Crippen LogP contribution is -2.36. The highest BCUT2D eigenvalue weighted by molar-refractivity contribution is 5.80. The zero-order chi connectivity index (χ0) is 10.9. The van der Waals surface area contributed by atoms with Gasteiger partial charge in [-0.2, -0.15) is 0 Å². The first-order valence-corrected chi connectivity index (χ1v) is 5.80. The van der Waals surface area contributed by atoms with Gasteiger partial charge in [0.1, 0.15) is 6.10 Å². The molecule has 86 valence electrons. The molecule has 1 aliphatic heterocycles. The van der Waals surface area contributed by atoms with Gasteiger partial charge in [-0.25, -0.2) is 0 Å². The maximum absolute atomic E-state index is 11.6. The Kier molecular flexibility index (Phi) is 6.09. The van der Waals surface area contributed by atoms with Crippen molar-refractivity contribution < 1.29 is 9.53 Å². The van der Waals surface area contributed by atoms with E-state index in [2.05, 4.69) is 17.5 Å². The van der Waals surface area contributed by atoms with Crippen LogP contribution in [0.25, 0.3) is 0 Å². The summed E-state index contributed by atoms with van der Waals surface area (Å²) in [7, 11) is 1.59. The summed E-state index contributed by atoms with van der Waals surface area (Å²) < 4.78 is 5.14. The first kappa shape index (κ1) is 12.2. The minimum absolute atomic E-state index is 0.0164. The molecule has 1 N–H and O–H groups in total. The van der Waals surface area contributed by atoms with Crippen LogP contribution in [0.15, 0.2) is 12.2 Å². The van der Waals surface area contributed by atoms with Gasteiger partial charge in [-0.15, -0.1) is 0 Å². The Bertz CT molecular complexity index is 214. The van der Waals surface area contributed by atoms with Crippen molar-refractivity contribution in [3.8, 4) is 0 Å². The maximum Gasteiger partial charge on any atom is 0.249 e. The number of nitrogens with one attached hydrogen (secondary N) is 1. The average molecular weight is 211 g/mol. The van der Waals surface area contributed by atoms with Crippen LogP contribution in [-0.4, -0.2) is 25.7 Å². The fourth-order valence-corrected chi connectivity index (χ4v) is 1.71. The molecule has 0 saturated carbocycles. The average Bonchev–Trinajstić information content (AvgIpc) is 2.23. The van der Waals surface area contributed by atoms with Crippen molar-refractivity contribution in [2.75, 3.05) is 13.7 Å². The number of allylic oxidation sites excluding steroid dienone is 1. The van der Waals surface area contributed by atoms with Crippen molar-refractivity contribution in [3.63, 3.8) is 0 Å². The highest BCUT2D eigenvalue weighted by atomic mass is 16.5. The van der Waals surface area contributed by atoms with E-state index in [1.54, 1.807) is 7.11 Å². The Balaban J connectivity index is 2.45. The Morgan fingerprint density at radius 1 is 1.27 bits per heavy atom. The molecule has 1 amide bonds. The maximum atomic E-state index is 11.6. The van der Waals surface area contributed by atoms with E-state index in [9.17, 15) is 4.79 Å². The van der Waals surface area contributed by atoms with E-state index < -0.39 is 0 Å². The monoisotopic (exact) mass is 211 g/mol. The van der Waals surface area contributed by atoms with E-state index in [1.165, 1.54) is 19.3 Å². The lowest BCUT2D eigenvalue weighted by molar-refractivity contribution is -0.130. The van der Waals surface area contributed by atoms with Crippen molar-refractivity contribution in [2.45, 2.75) is 44.6 Å². The molecule has 1 atom stereocenters. The first-order valence-electron chi connectivity index (χ1n) is 5.80. The molecule has 15 heavy (non-hydrogen) atoms. The van der Waals surface area contributed by atoms with Crippen molar-refractivity contribution in [2.24, 2.45) is 0 Å². The third-order valence-electron chi connectivity index (χ3n) is 2.69. The van der Waals surface area contributed by atoms with Crippen molar-refractivity contribution in [3.05, 3.63) is 12.2 Å². The van der Waals surface area contributed by atoms with Gasteiger partial charge in [0, 0.05) is 20.1 Å². The molecule has 1 heterocycles. The number of rotatable bonds is 1. The molecule has 1 rings (SSSR count). The summed E-state index contributed by atoms with van der Waals surface area (Å²) in [5.41, 5.74) is 0. The zero-order valence-corrected chi connectivity index (χ0v) is 9.50. The van der Waals surface area contributed by atoms with Crippen LogP contribution >= 0.6 is 0 Å². The molecule has 0 saturated heterocycles. The number of hydrogen-bond acceptors (Lipinski definition) is 2. The van der Waals surface area contributed by atoms with Crippen LogP contribution in [0.1, 0.15) is 38.5 Å². The molecule has 0 radical (unpaired) electrons. The van der Waals surface area contributed by atoms with Gasteiger partial charge in [0.25, 0.3) is 0 Å². The van der Waals surface area contributed by atoms with E-state index in [0.717, 1.165) is 19.4 Å². The third-order valence-corrected chi connectivity index (χ3v) is 2.69. The van der Waals surface area contributed by atoms with Gasteiger partial charge >= 0.3 is 0 Å². The summed E-state index contributed by atoms with van der Waals surface area (Å²) in [4.78, 5) is 11.6. The molecule has 0 spiro atoms. The predicted octanol–water partition coefficient (Wildman–Crippen LogP) is 2.03. The molecule has 0 aromatic rings. The largest absolute Gasteiger partial charge is 0.371 e. The Labute approximate surface area is 91.9 Å². The van der Waals surface area contributed by atoms with Crippen LogP contribution < -0.4 is 5.32 Å². The predicted molar refractivity (Wildman–Crippen MR) is 60.6 cm³/mol. The Hall–Kier alpha value is -0.830. The van der Waals surface area contributed by atoms with Crippen LogP contribution in [0.2, 0.25) is 0 Å². The van der Waals surface area contributed by atoms with Crippen molar-refractivity contribution >= 4 is 5.91 Å². The lowest BCUT2D eigenvalue weighted by atomic mass is 10.1. The van der Waals surface area contributed by atoms with Gasteiger partial charge in [0.15, 0.2) is 0 Å². The van der Waals surface area contributed by atoms with Gasteiger partial charge in [-0.05, 0) is 19.3 Å². The number of hydrogen-bond donors (Lipinski definition) is 1. The highest BCUT2D eigenvalue weighted by Gasteiger charge is 2.15. The van der Waals surface area contributed by atoms with Crippen LogP contribution in [0.5, 0.6) is 0 Å². The Morgan fingerprint density at radius 2 is 2.07 bits per heavy atom. The minimum Gasteiger partial charge on any atom is -0.371 e. The molecule has 0 bridgehead atoms. The van der Waals surface area contributed by atoms with E-state index in [4.69, 9.17) is 4.74 Å². The molecule has 0 aromatic carbocycles. The summed E-state index contributed by atoms with van der Waals surface area (Å²) in [6.07, 6.45) is 10.5. The van der Waals surface area contributed by atoms with Gasteiger partial charge in [-0.3, -0.25) is 4.79 Å². The summed E-state index contributed by atoms with van der Waals surface area (Å²) in [6, 6.07) is 0. The number of carbonyl (C=O) groups excluding carboxylic acids is 1. The summed E-state index contributed by atoms with van der Waals surface area (Å²) in [5.74, 6) is 0.0164. The number of amides is 1. The molecule has 3 nitrogen and oxygen atoms in total. The molecule has 0 fully saturated rings. The second kappa shape index (κ2) is 7.46. The van der Waals surface area contributed by atoms with Gasteiger partial charge < -0.3 is 10.1 Å². The van der Waals surface area contributed by atoms with Crippen LogP contribution in [-0.2, 0) is 9.53 Å². The minimum atomic E-state index is -0.319. The molecule has 0 aromatic heterocycles. The topological polar surface area (TPSA) is 38.3 Å². The molecular formula is C12H21NO2. The lowest BCUT2D eigenvalue weighted by Gasteiger charge is -2.14. The van der Waals surface area contributed by atoms with Gasteiger partial charge in [0.05, 0.1) is 0 Å². The van der Waals surface area contributed by atoms with E-state index in [1.807, 2.05) is 0 Å². The fraction of sp³-hybridized carbons (Fsp3) is 0.750. The summed E-state index contributed by atoms with van der Waals surface area (Å²) >= 11 is 0. The molecule has 1 aliphatic rings. The number of carbonyl (C=O) groups is 1. The zero-order valence-electron chi connectivity index (χ0n) is 9.50. The van der Waals surface area contributed by atoms with Crippen LogP contribution in [0.4, 0.5) is 0 Å². The molecular weight excluding hydrogens is 190 g/mol. The van der Waals surface area contributed by atoms with Crippen LogP contribution in [0, 0.1) is 0 Å². The fourth-order valence-electron chi connectivity index (χ4n) is 1.71. The quantitative estimate of drug-likeness (QED) is 0.674. The molecule has 0 aliphatic carbocycles. The van der Waals surface area contributed by atoms with E-state index in [-0.39, 0.29) is 12.0 Å². The van der Waals surface area contributed by atoms with Gasteiger partial charge in [-0.1, -0.05) is 25.0 Å². The van der Waals surface area contributed by atoms with Crippen molar-refractivity contribution in [1.82, 2.24) is 5.32 Å². The second-order valence-corrected chi connectivity index (χ2v) is 3.93. The van der Waals surface area contributed by atoms with Gasteiger partial charge in [0.2, 0.25) is 5.91 Å². The molecule has 3 heteroatoms. The first-order chi connectivity index (χ1) is 7.34. The summed E-state index contributed by atoms with van der Waals surface area (Å²) in [5, 5.41) is 2.90. The SMILES string of the molecule is COC1C/C=C/CCCCCCNC1=O. The molecule has 1 unspecified atom stereocenters. The third kappa shape index (κ3) is 4.98. The number of methoxy groups -OCH3 is 1. The second-order valence-electron chi connectivity index (χ2n) is 3.93.